The van der Waals surface area contributed by atoms with Crippen LogP contribution in [0.1, 0.15) is 46.0 Å². The van der Waals surface area contributed by atoms with Crippen molar-refractivity contribution in [2.24, 2.45) is 34.5 Å². The molecule has 0 saturated heterocycles. The van der Waals surface area contributed by atoms with E-state index in [9.17, 15) is 9.90 Å². The van der Waals surface area contributed by atoms with Gasteiger partial charge in [0, 0.05) is 31.5 Å². The second-order valence-corrected chi connectivity index (χ2v) is 9.56. The van der Waals surface area contributed by atoms with E-state index in [1.165, 1.54) is 0 Å². The molecule has 25 heavy (non-hydrogen) atoms. The maximum atomic E-state index is 12.3. The van der Waals surface area contributed by atoms with Gasteiger partial charge in [0.25, 0.3) is 0 Å². The smallest absolute Gasteiger partial charge is 0.246 e. The summed E-state index contributed by atoms with van der Waals surface area (Å²) in [4.78, 5) is 14.3. The van der Waals surface area contributed by atoms with Crippen molar-refractivity contribution in [3.8, 4) is 0 Å². The van der Waals surface area contributed by atoms with Gasteiger partial charge in [0.1, 0.15) is 0 Å². The molecule has 4 nitrogen and oxygen atoms in total. The molecule has 0 aromatic heterocycles. The third kappa shape index (κ3) is 2.29. The number of carbonyl (C=O) groups is 1. The van der Waals surface area contributed by atoms with E-state index in [2.05, 4.69) is 19.9 Å². The second-order valence-electron chi connectivity index (χ2n) is 9.56. The number of aliphatic hydroxyl groups excluding tert-OH is 1. The minimum Gasteiger partial charge on any atom is -0.393 e. The molecular formula is C21H33NO3. The van der Waals surface area contributed by atoms with Crippen molar-refractivity contribution in [1.82, 2.24) is 4.90 Å². The molecule has 8 atom stereocenters. The van der Waals surface area contributed by atoms with Crippen LogP contribution in [0.25, 0.3) is 0 Å². The number of aliphatic hydroxyl groups is 1. The summed E-state index contributed by atoms with van der Waals surface area (Å²) in [5.41, 5.74) is 0.103. The number of nitrogens with zero attached hydrogens (tertiary/aromatic N) is 1. The van der Waals surface area contributed by atoms with Crippen molar-refractivity contribution < 1.29 is 14.6 Å². The Bertz CT molecular complexity index is 590. The maximum absolute atomic E-state index is 12.3. The quantitative estimate of drug-likeness (QED) is 0.836. The number of likely N-dealkylation sites (N-methyl/N-ethyl adjacent to an activating group) is 1. The second kappa shape index (κ2) is 5.82. The molecule has 3 unspecified atom stereocenters. The zero-order valence-electron chi connectivity index (χ0n) is 16.1. The Morgan fingerprint density at radius 2 is 2.04 bits per heavy atom. The van der Waals surface area contributed by atoms with Crippen LogP contribution in [0.5, 0.6) is 0 Å². The first-order chi connectivity index (χ1) is 11.8. The van der Waals surface area contributed by atoms with Crippen molar-refractivity contribution in [2.45, 2.75) is 58.1 Å². The van der Waals surface area contributed by atoms with Crippen LogP contribution in [0.15, 0.2) is 12.2 Å². The predicted octanol–water partition coefficient (Wildman–Crippen LogP) is 2.86. The van der Waals surface area contributed by atoms with Gasteiger partial charge in [-0.1, -0.05) is 19.9 Å². The Kier molecular flexibility index (Phi) is 4.08. The lowest BCUT2D eigenvalue weighted by Crippen LogP contribution is -2.63. The highest BCUT2D eigenvalue weighted by Gasteiger charge is 2.62. The van der Waals surface area contributed by atoms with Crippen LogP contribution < -0.4 is 0 Å². The molecule has 3 fully saturated rings. The van der Waals surface area contributed by atoms with Crippen molar-refractivity contribution >= 4 is 5.91 Å². The number of carbonyl (C=O) groups excluding carboxylic acids is 1. The monoisotopic (exact) mass is 347 g/mol. The minimum atomic E-state index is -0.143. The van der Waals surface area contributed by atoms with Crippen molar-refractivity contribution in [2.75, 3.05) is 20.8 Å². The predicted molar refractivity (Wildman–Crippen MR) is 96.8 cm³/mol. The van der Waals surface area contributed by atoms with E-state index in [0.717, 1.165) is 32.1 Å². The van der Waals surface area contributed by atoms with Gasteiger partial charge in [-0.3, -0.25) is 4.79 Å². The molecule has 3 aliphatic carbocycles. The molecule has 0 aromatic carbocycles. The Hall–Kier alpha value is -0.870. The molecule has 140 valence electrons. The van der Waals surface area contributed by atoms with Crippen LogP contribution in [-0.4, -0.2) is 48.8 Å². The molecule has 0 radical (unpaired) electrons. The summed E-state index contributed by atoms with van der Waals surface area (Å²) in [6.45, 7) is 5.39. The number of amides is 1. The third-order valence-corrected chi connectivity index (χ3v) is 8.58. The average Bonchev–Trinajstić information content (AvgIpc) is 2.87. The molecule has 3 saturated carbocycles. The van der Waals surface area contributed by atoms with Gasteiger partial charge in [-0.2, -0.15) is 0 Å². The Labute approximate surface area is 151 Å². The average molecular weight is 347 g/mol. The molecule has 1 amide bonds. The van der Waals surface area contributed by atoms with Gasteiger partial charge >= 0.3 is 0 Å². The summed E-state index contributed by atoms with van der Waals surface area (Å²) in [7, 11) is 3.73. The van der Waals surface area contributed by atoms with E-state index in [4.69, 9.17) is 4.74 Å². The summed E-state index contributed by atoms with van der Waals surface area (Å²) in [6.07, 6.45) is 9.36. The molecule has 4 rings (SSSR count). The third-order valence-electron chi connectivity index (χ3n) is 8.58. The fourth-order valence-corrected chi connectivity index (χ4v) is 7.40. The van der Waals surface area contributed by atoms with Gasteiger partial charge in [0.15, 0.2) is 0 Å². The van der Waals surface area contributed by atoms with Crippen molar-refractivity contribution in [3.05, 3.63) is 12.2 Å². The Morgan fingerprint density at radius 1 is 1.28 bits per heavy atom. The highest BCUT2D eigenvalue weighted by atomic mass is 16.5. The molecule has 1 aliphatic heterocycles. The summed E-state index contributed by atoms with van der Waals surface area (Å²) in [6, 6.07) is 0.224. The number of ether oxygens (including phenoxy) is 1. The molecule has 4 heteroatoms. The molecular weight excluding hydrogens is 314 g/mol. The zero-order valence-corrected chi connectivity index (χ0v) is 16.1. The molecule has 1 N–H and O–H groups in total. The first kappa shape index (κ1) is 17.5. The van der Waals surface area contributed by atoms with Gasteiger partial charge in [-0.15, -0.1) is 0 Å². The standard InChI is InChI=1S/C21H33NO3/c1-20-9-7-16-14(15(20)5-6-17(20)23)11-13(12-25-4)19-21(16,2)10-8-18(24)22(19)3/h8,10,13-17,19,23H,5-7,9,11-12H2,1-4H3/t13?,14-,15-,16+,17?,19?,20-,21+/m0/s1. The Balaban J connectivity index is 1.74. The highest BCUT2D eigenvalue weighted by Crippen LogP contribution is 2.64. The van der Waals surface area contributed by atoms with E-state index in [-0.39, 0.29) is 28.9 Å². The fraction of sp³-hybridized carbons (Fsp3) is 0.857. The molecule has 1 heterocycles. The number of hydrogen-bond acceptors (Lipinski definition) is 3. The first-order valence-electron chi connectivity index (χ1n) is 9.96. The van der Waals surface area contributed by atoms with Crippen LogP contribution >= 0.6 is 0 Å². The minimum absolute atomic E-state index is 0.0175. The van der Waals surface area contributed by atoms with Gasteiger partial charge < -0.3 is 14.7 Å². The normalized spacial score (nSPS) is 51.9. The number of rotatable bonds is 2. The van der Waals surface area contributed by atoms with Gasteiger partial charge in [0.2, 0.25) is 5.91 Å². The zero-order chi connectivity index (χ0) is 18.0. The van der Waals surface area contributed by atoms with E-state index in [1.54, 1.807) is 13.2 Å². The topological polar surface area (TPSA) is 49.8 Å². The van der Waals surface area contributed by atoms with E-state index in [0.29, 0.717) is 30.3 Å². The van der Waals surface area contributed by atoms with Crippen LogP contribution in [-0.2, 0) is 9.53 Å². The Morgan fingerprint density at radius 3 is 2.76 bits per heavy atom. The lowest BCUT2D eigenvalue weighted by atomic mass is 9.46. The first-order valence-corrected chi connectivity index (χ1v) is 9.96. The van der Waals surface area contributed by atoms with E-state index in [1.807, 2.05) is 11.9 Å². The van der Waals surface area contributed by atoms with Crippen LogP contribution in [0.2, 0.25) is 0 Å². The van der Waals surface area contributed by atoms with Crippen LogP contribution in [0.4, 0.5) is 0 Å². The van der Waals surface area contributed by atoms with E-state index < -0.39 is 0 Å². The number of methoxy groups -OCH3 is 1. The molecule has 0 bridgehead atoms. The summed E-state index contributed by atoms with van der Waals surface area (Å²) >= 11 is 0. The molecule has 0 spiro atoms. The van der Waals surface area contributed by atoms with Crippen LogP contribution in [0, 0.1) is 34.5 Å². The van der Waals surface area contributed by atoms with Crippen molar-refractivity contribution in [1.29, 1.82) is 0 Å². The van der Waals surface area contributed by atoms with E-state index >= 15 is 0 Å². The summed E-state index contributed by atoms with van der Waals surface area (Å²) < 4.78 is 5.58. The molecule has 4 aliphatic rings. The van der Waals surface area contributed by atoms with Gasteiger partial charge in [-0.25, -0.2) is 0 Å². The van der Waals surface area contributed by atoms with Crippen molar-refractivity contribution in [3.63, 3.8) is 0 Å². The number of fused-ring (bicyclic) bond motifs is 5. The maximum Gasteiger partial charge on any atom is 0.246 e. The van der Waals surface area contributed by atoms with Gasteiger partial charge in [-0.05, 0) is 61.3 Å². The SMILES string of the molecule is COCC1C[C@@H]2[C@@H](CC[C@]3(C)C(O)CC[C@@H]23)[C@@]2(C)C=CC(=O)N(C)C12. The largest absolute Gasteiger partial charge is 0.393 e. The molecule has 0 aromatic rings. The number of hydrogen-bond donors (Lipinski definition) is 1. The lowest BCUT2D eigenvalue weighted by molar-refractivity contribution is -0.151. The highest BCUT2D eigenvalue weighted by molar-refractivity contribution is 5.89. The fourth-order valence-electron chi connectivity index (χ4n) is 7.40. The lowest BCUT2D eigenvalue weighted by Gasteiger charge is -2.62. The summed E-state index contributed by atoms with van der Waals surface area (Å²) in [5, 5.41) is 10.6. The summed E-state index contributed by atoms with van der Waals surface area (Å²) in [5.74, 6) is 2.33. The van der Waals surface area contributed by atoms with Crippen LogP contribution in [0.3, 0.4) is 0 Å². The van der Waals surface area contributed by atoms with Gasteiger partial charge in [0.05, 0.1) is 12.7 Å².